The molecule has 0 fully saturated rings. The summed E-state index contributed by atoms with van der Waals surface area (Å²) >= 11 is 0. The van der Waals surface area contributed by atoms with Gasteiger partial charge in [0.15, 0.2) is 0 Å². The van der Waals surface area contributed by atoms with Gasteiger partial charge in [0.05, 0.1) is 6.54 Å². The Bertz CT molecular complexity index is 990. The van der Waals surface area contributed by atoms with Crippen molar-refractivity contribution in [2.45, 2.75) is 20.0 Å². The van der Waals surface area contributed by atoms with Gasteiger partial charge < -0.3 is 20.7 Å². The van der Waals surface area contributed by atoms with E-state index < -0.39 is 0 Å². The van der Waals surface area contributed by atoms with E-state index in [1.807, 2.05) is 60.7 Å². The molecule has 3 rings (SSSR count). The van der Waals surface area contributed by atoms with Gasteiger partial charge in [-0.05, 0) is 35.9 Å². The first-order valence-electron chi connectivity index (χ1n) is 9.83. The molecule has 6 nitrogen and oxygen atoms in total. The largest absolute Gasteiger partial charge is 0.489 e. The molecule has 0 aromatic heterocycles. The van der Waals surface area contributed by atoms with E-state index in [1.54, 1.807) is 25.1 Å². The zero-order valence-electron chi connectivity index (χ0n) is 16.9. The van der Waals surface area contributed by atoms with Crippen LogP contribution in [0, 0.1) is 0 Å². The van der Waals surface area contributed by atoms with Crippen molar-refractivity contribution in [3.05, 3.63) is 84.4 Å². The van der Waals surface area contributed by atoms with Crippen LogP contribution in [-0.4, -0.2) is 18.4 Å². The van der Waals surface area contributed by atoms with E-state index in [1.165, 1.54) is 0 Å². The topological polar surface area (TPSA) is 79.5 Å². The van der Waals surface area contributed by atoms with E-state index in [0.29, 0.717) is 30.2 Å². The van der Waals surface area contributed by atoms with Crippen molar-refractivity contribution in [2.75, 3.05) is 22.5 Å². The van der Waals surface area contributed by atoms with Gasteiger partial charge in [-0.25, -0.2) is 0 Å². The Morgan fingerprint density at radius 2 is 1.43 bits per heavy atom. The van der Waals surface area contributed by atoms with Gasteiger partial charge in [-0.1, -0.05) is 49.4 Å². The number of rotatable bonds is 9. The van der Waals surface area contributed by atoms with Crippen LogP contribution in [0.1, 0.15) is 18.9 Å². The Labute approximate surface area is 176 Å². The molecule has 0 unspecified atom stereocenters. The maximum absolute atomic E-state index is 12.3. The smallest absolute Gasteiger partial charge is 0.243 e. The highest BCUT2D eigenvalue weighted by Gasteiger charge is 2.05. The van der Waals surface area contributed by atoms with Crippen LogP contribution in [0.4, 0.5) is 17.1 Å². The van der Waals surface area contributed by atoms with E-state index in [2.05, 4.69) is 16.0 Å². The van der Waals surface area contributed by atoms with Crippen LogP contribution in [-0.2, 0) is 16.2 Å². The first kappa shape index (κ1) is 20.9. The van der Waals surface area contributed by atoms with Crippen LogP contribution in [0.5, 0.6) is 5.75 Å². The summed E-state index contributed by atoms with van der Waals surface area (Å²) in [5.74, 6) is 0.446. The van der Waals surface area contributed by atoms with Gasteiger partial charge in [-0.15, -0.1) is 0 Å². The Morgan fingerprint density at radius 1 is 0.767 bits per heavy atom. The number of carbonyl (C=O) groups excluding carboxylic acids is 2. The normalized spacial score (nSPS) is 10.2. The summed E-state index contributed by atoms with van der Waals surface area (Å²) in [5.41, 5.74) is 3.18. The van der Waals surface area contributed by atoms with Gasteiger partial charge >= 0.3 is 0 Å². The zero-order chi connectivity index (χ0) is 21.2. The van der Waals surface area contributed by atoms with Crippen molar-refractivity contribution >= 4 is 28.9 Å². The number of hydrogen-bond acceptors (Lipinski definition) is 4. The second-order valence-corrected chi connectivity index (χ2v) is 6.69. The van der Waals surface area contributed by atoms with Gasteiger partial charge in [-0.2, -0.15) is 0 Å². The molecule has 0 spiro atoms. The third-order valence-electron chi connectivity index (χ3n) is 4.29. The van der Waals surface area contributed by atoms with E-state index in [-0.39, 0.29) is 18.4 Å². The van der Waals surface area contributed by atoms with Crippen LogP contribution < -0.4 is 20.7 Å². The minimum absolute atomic E-state index is 0.0562. The molecule has 154 valence electrons. The highest BCUT2D eigenvalue weighted by molar-refractivity contribution is 5.94. The molecule has 0 saturated carbocycles. The number of amides is 2. The fourth-order valence-electron chi connectivity index (χ4n) is 2.75. The Kier molecular flexibility index (Phi) is 7.44. The highest BCUT2D eigenvalue weighted by Crippen LogP contribution is 2.19. The van der Waals surface area contributed by atoms with Crippen LogP contribution in [0.2, 0.25) is 0 Å². The lowest BCUT2D eigenvalue weighted by Gasteiger charge is -2.11. The van der Waals surface area contributed by atoms with Crippen LogP contribution in [0.25, 0.3) is 0 Å². The molecule has 0 atom stereocenters. The molecule has 0 bridgehead atoms. The van der Waals surface area contributed by atoms with Crippen LogP contribution >= 0.6 is 0 Å². The van der Waals surface area contributed by atoms with E-state index in [4.69, 9.17) is 4.74 Å². The summed E-state index contributed by atoms with van der Waals surface area (Å²) in [6.45, 7) is 2.36. The third-order valence-corrected chi connectivity index (χ3v) is 4.29. The number of ether oxygens (including phenoxy) is 1. The highest BCUT2D eigenvalue weighted by atomic mass is 16.5. The van der Waals surface area contributed by atoms with Crippen LogP contribution in [0.15, 0.2) is 78.9 Å². The van der Waals surface area contributed by atoms with Crippen molar-refractivity contribution in [1.82, 2.24) is 0 Å². The molecule has 30 heavy (non-hydrogen) atoms. The standard InChI is InChI=1S/C24H25N3O3/c1-2-23(28)26-20-11-6-10-19(14-20)25-16-24(29)27-21-12-7-13-22(15-21)30-17-18-8-4-3-5-9-18/h3-15,25H,2,16-17H2,1H3,(H,26,28)(H,27,29). The first-order valence-corrected chi connectivity index (χ1v) is 9.83. The molecule has 0 saturated heterocycles. The number of hydrogen-bond donors (Lipinski definition) is 3. The Morgan fingerprint density at radius 3 is 2.20 bits per heavy atom. The molecule has 0 radical (unpaired) electrons. The average Bonchev–Trinajstić information content (AvgIpc) is 2.77. The minimum atomic E-state index is -0.182. The van der Waals surface area contributed by atoms with E-state index in [9.17, 15) is 9.59 Å². The summed E-state index contributed by atoms with van der Waals surface area (Å²) in [6, 6.07) is 24.5. The van der Waals surface area contributed by atoms with Gasteiger partial charge in [0.1, 0.15) is 12.4 Å². The molecule has 0 aliphatic heterocycles. The molecule has 0 aliphatic carbocycles. The number of anilines is 3. The monoisotopic (exact) mass is 403 g/mol. The lowest BCUT2D eigenvalue weighted by molar-refractivity contribution is -0.116. The predicted octanol–water partition coefficient (Wildman–Crippen LogP) is 4.66. The van der Waals surface area contributed by atoms with E-state index in [0.717, 1.165) is 11.3 Å². The summed E-state index contributed by atoms with van der Waals surface area (Å²) in [4.78, 5) is 23.8. The summed E-state index contributed by atoms with van der Waals surface area (Å²) < 4.78 is 5.80. The maximum Gasteiger partial charge on any atom is 0.243 e. The second kappa shape index (κ2) is 10.7. The predicted molar refractivity (Wildman–Crippen MR) is 120 cm³/mol. The average molecular weight is 403 g/mol. The third kappa shape index (κ3) is 6.67. The fraction of sp³-hybridized carbons (Fsp3) is 0.167. The summed E-state index contributed by atoms with van der Waals surface area (Å²) in [5, 5.41) is 8.71. The lowest BCUT2D eigenvalue weighted by Crippen LogP contribution is -2.21. The molecular formula is C24H25N3O3. The Hall–Kier alpha value is -3.80. The van der Waals surface area contributed by atoms with Gasteiger partial charge in [0.25, 0.3) is 0 Å². The van der Waals surface area contributed by atoms with Crippen molar-refractivity contribution in [1.29, 1.82) is 0 Å². The number of nitrogens with one attached hydrogen (secondary N) is 3. The first-order chi connectivity index (χ1) is 14.6. The number of benzene rings is 3. The van der Waals surface area contributed by atoms with E-state index >= 15 is 0 Å². The van der Waals surface area contributed by atoms with Gasteiger partial charge in [0, 0.05) is 29.5 Å². The molecule has 3 aromatic carbocycles. The van der Waals surface area contributed by atoms with Crippen LogP contribution in [0.3, 0.4) is 0 Å². The summed E-state index contributed by atoms with van der Waals surface area (Å²) in [6.07, 6.45) is 0.411. The molecule has 3 N–H and O–H groups in total. The lowest BCUT2D eigenvalue weighted by atomic mass is 10.2. The van der Waals surface area contributed by atoms with Gasteiger partial charge in [-0.3, -0.25) is 9.59 Å². The van der Waals surface area contributed by atoms with Crippen molar-refractivity contribution in [3.8, 4) is 5.75 Å². The molecule has 6 heteroatoms. The fourth-order valence-corrected chi connectivity index (χ4v) is 2.75. The second-order valence-electron chi connectivity index (χ2n) is 6.69. The number of carbonyl (C=O) groups is 2. The minimum Gasteiger partial charge on any atom is -0.489 e. The molecule has 0 heterocycles. The van der Waals surface area contributed by atoms with Crippen molar-refractivity contribution < 1.29 is 14.3 Å². The quantitative estimate of drug-likeness (QED) is 0.485. The molecule has 2 amide bonds. The summed E-state index contributed by atoms with van der Waals surface area (Å²) in [7, 11) is 0. The molecule has 3 aromatic rings. The van der Waals surface area contributed by atoms with Crippen molar-refractivity contribution in [2.24, 2.45) is 0 Å². The zero-order valence-corrected chi connectivity index (χ0v) is 16.9. The SMILES string of the molecule is CCC(=O)Nc1cccc(NCC(=O)Nc2cccc(OCc3ccccc3)c2)c1. The maximum atomic E-state index is 12.3. The molecule has 0 aliphatic rings. The van der Waals surface area contributed by atoms with Crippen molar-refractivity contribution in [3.63, 3.8) is 0 Å². The Balaban J connectivity index is 1.50. The van der Waals surface area contributed by atoms with Gasteiger partial charge in [0.2, 0.25) is 11.8 Å². The molecular weight excluding hydrogens is 378 g/mol.